The molecular formula is C21H32N2O5. The quantitative estimate of drug-likeness (QED) is 0.590. The number of amides is 1. The Morgan fingerprint density at radius 2 is 1.64 bits per heavy atom. The molecule has 1 saturated carbocycles. The minimum Gasteiger partial charge on any atom is -0.539 e. The molecule has 0 heterocycles. The molecule has 2 rings (SSSR count). The Morgan fingerprint density at radius 1 is 1.14 bits per heavy atom. The van der Waals surface area contributed by atoms with Crippen LogP contribution in [-0.4, -0.2) is 47.5 Å². The minimum absolute atomic E-state index is 0.287. The number of carbonyl (C=O) groups excluding carboxylic acids is 2. The molecule has 0 saturated heterocycles. The van der Waals surface area contributed by atoms with Crippen LogP contribution >= 0.6 is 0 Å². The molecule has 4 N–H and O–H groups in total. The van der Waals surface area contributed by atoms with Gasteiger partial charge in [-0.25, -0.2) is 4.79 Å². The van der Waals surface area contributed by atoms with E-state index in [1.165, 1.54) is 5.56 Å². The Bertz CT molecular complexity index is 629. The molecular weight excluding hydrogens is 360 g/mol. The lowest BCUT2D eigenvalue weighted by molar-refractivity contribution is -0.373. The van der Waals surface area contributed by atoms with Gasteiger partial charge in [-0.1, -0.05) is 57.0 Å². The summed E-state index contributed by atoms with van der Waals surface area (Å²) in [5.41, 5.74) is 4.96. The number of hydrogen-bond acceptors (Lipinski definition) is 4. The third kappa shape index (κ3) is 6.05. The Labute approximate surface area is 166 Å². The van der Waals surface area contributed by atoms with Crippen LogP contribution in [0.4, 0.5) is 0 Å². The monoisotopic (exact) mass is 392 g/mol. The molecule has 0 spiro atoms. The summed E-state index contributed by atoms with van der Waals surface area (Å²) in [6, 6.07) is 10.3. The number of hydrogen-bond donors (Lipinski definition) is 2. The smallest absolute Gasteiger partial charge is 0.351 e. The summed E-state index contributed by atoms with van der Waals surface area (Å²) >= 11 is 0. The number of nitrogens with zero attached hydrogens (tertiary/aromatic N) is 1. The molecule has 156 valence electrons. The van der Waals surface area contributed by atoms with Crippen molar-refractivity contribution in [2.24, 2.45) is 5.92 Å². The van der Waals surface area contributed by atoms with E-state index in [1.807, 2.05) is 18.2 Å². The van der Waals surface area contributed by atoms with Crippen LogP contribution in [0, 0.1) is 5.92 Å². The van der Waals surface area contributed by atoms with Crippen LogP contribution in [0.15, 0.2) is 30.3 Å². The Balaban J connectivity index is 0.000000568. The summed E-state index contributed by atoms with van der Waals surface area (Å²) in [5.74, 6) is -3.26. The lowest BCUT2D eigenvalue weighted by Gasteiger charge is -2.28. The summed E-state index contributed by atoms with van der Waals surface area (Å²) in [6.45, 7) is 7.01. The number of rotatable bonds is 9. The molecule has 0 unspecified atom stereocenters. The van der Waals surface area contributed by atoms with E-state index in [0.29, 0.717) is 11.8 Å². The van der Waals surface area contributed by atoms with Gasteiger partial charge < -0.3 is 25.6 Å². The topological polar surface area (TPSA) is 125 Å². The maximum absolute atomic E-state index is 13.3. The predicted molar refractivity (Wildman–Crippen MR) is 103 cm³/mol. The molecule has 28 heavy (non-hydrogen) atoms. The van der Waals surface area contributed by atoms with Crippen molar-refractivity contribution in [3.63, 3.8) is 0 Å². The van der Waals surface area contributed by atoms with Gasteiger partial charge in [0.15, 0.2) is 5.97 Å². The highest BCUT2D eigenvalue weighted by molar-refractivity contribution is 6.26. The second-order valence-electron chi connectivity index (χ2n) is 7.12. The number of carboxylic acids is 2. The predicted octanol–water partition coefficient (Wildman–Crippen LogP) is 0.436. The van der Waals surface area contributed by atoms with Crippen LogP contribution in [0.1, 0.15) is 51.5 Å². The van der Waals surface area contributed by atoms with E-state index >= 15 is 0 Å². The van der Waals surface area contributed by atoms with Crippen LogP contribution < -0.4 is 10.8 Å². The molecule has 7 nitrogen and oxygen atoms in total. The molecule has 1 aromatic carbocycles. The van der Waals surface area contributed by atoms with Gasteiger partial charge in [-0.3, -0.25) is 4.79 Å². The number of carbonyl (C=O) groups is 3. The molecule has 7 heteroatoms. The average molecular weight is 392 g/mol. The first-order valence-electron chi connectivity index (χ1n) is 9.93. The molecule has 1 fully saturated rings. The van der Waals surface area contributed by atoms with Gasteiger partial charge in [0.2, 0.25) is 5.91 Å². The van der Waals surface area contributed by atoms with Gasteiger partial charge in [-0.15, -0.1) is 0 Å². The number of quaternary nitrogens is 1. The van der Waals surface area contributed by atoms with Crippen molar-refractivity contribution in [2.75, 3.05) is 19.6 Å². The number of aliphatic carboxylic acids is 2. The fourth-order valence-electron chi connectivity index (χ4n) is 3.45. The van der Waals surface area contributed by atoms with E-state index in [2.05, 4.69) is 36.6 Å². The molecule has 0 radical (unpaired) electrons. The third-order valence-electron chi connectivity index (χ3n) is 5.15. The van der Waals surface area contributed by atoms with E-state index in [0.717, 1.165) is 51.7 Å². The molecule has 1 aromatic rings. The lowest BCUT2D eigenvalue weighted by Crippen LogP contribution is -2.53. The summed E-state index contributed by atoms with van der Waals surface area (Å²) in [5, 5.41) is 16.3. The minimum atomic E-state index is -2.07. The first-order valence-corrected chi connectivity index (χ1v) is 9.93. The van der Waals surface area contributed by atoms with Crippen molar-refractivity contribution < 1.29 is 30.3 Å². The number of unbranched alkanes of at least 4 members (excludes halogenated alkanes) is 2. The van der Waals surface area contributed by atoms with Gasteiger partial charge in [0.1, 0.15) is 0 Å². The molecule has 0 bridgehead atoms. The molecule has 0 aromatic heterocycles. The lowest BCUT2D eigenvalue weighted by atomic mass is 9.91. The zero-order valence-electron chi connectivity index (χ0n) is 16.9. The van der Waals surface area contributed by atoms with E-state index in [1.54, 1.807) is 0 Å². The summed E-state index contributed by atoms with van der Waals surface area (Å²) in [4.78, 5) is 33.5. The van der Waals surface area contributed by atoms with Gasteiger partial charge in [0, 0.05) is 19.0 Å². The van der Waals surface area contributed by atoms with Crippen molar-refractivity contribution in [2.45, 2.75) is 51.4 Å². The van der Waals surface area contributed by atoms with Gasteiger partial charge in [-0.2, -0.15) is 0 Å². The molecule has 2 atom stereocenters. The van der Waals surface area contributed by atoms with Crippen molar-refractivity contribution in [3.05, 3.63) is 35.9 Å². The first kappa shape index (κ1) is 23.6. The summed E-state index contributed by atoms with van der Waals surface area (Å²) in [6.07, 6.45) is 5.42. The SMILES string of the molecule is CCCCN(CCCC)C(=O)[C@]1(c2ccccc2)C[C@@H]1C[NH3+].O=C([O-])C(=O)O. The summed E-state index contributed by atoms with van der Waals surface area (Å²) < 4.78 is 0. The molecule has 0 aliphatic heterocycles. The van der Waals surface area contributed by atoms with Gasteiger partial charge in [0.25, 0.3) is 0 Å². The molecule has 1 aliphatic carbocycles. The van der Waals surface area contributed by atoms with E-state index < -0.39 is 11.9 Å². The normalized spacial score (nSPS) is 19.9. The first-order chi connectivity index (χ1) is 13.3. The average Bonchev–Trinajstić information content (AvgIpc) is 3.44. The van der Waals surface area contributed by atoms with Crippen LogP contribution in [0.5, 0.6) is 0 Å². The zero-order valence-corrected chi connectivity index (χ0v) is 16.9. The van der Waals surface area contributed by atoms with E-state index in [-0.39, 0.29) is 5.41 Å². The van der Waals surface area contributed by atoms with E-state index in [4.69, 9.17) is 19.8 Å². The Kier molecular flexibility index (Phi) is 9.65. The van der Waals surface area contributed by atoms with Crippen LogP contribution in [-0.2, 0) is 19.8 Å². The highest BCUT2D eigenvalue weighted by atomic mass is 16.4. The maximum atomic E-state index is 13.3. The zero-order chi connectivity index (χ0) is 21.2. The fourth-order valence-corrected chi connectivity index (χ4v) is 3.45. The highest BCUT2D eigenvalue weighted by Crippen LogP contribution is 2.54. The van der Waals surface area contributed by atoms with Crippen molar-refractivity contribution in [3.8, 4) is 0 Å². The van der Waals surface area contributed by atoms with Crippen LogP contribution in [0.25, 0.3) is 0 Å². The van der Waals surface area contributed by atoms with Crippen LogP contribution in [0.3, 0.4) is 0 Å². The molecule has 1 amide bonds. The van der Waals surface area contributed by atoms with Crippen molar-refractivity contribution in [1.29, 1.82) is 0 Å². The van der Waals surface area contributed by atoms with Gasteiger partial charge in [0.05, 0.1) is 12.0 Å². The maximum Gasteiger partial charge on any atom is 0.351 e. The third-order valence-corrected chi connectivity index (χ3v) is 5.15. The van der Waals surface area contributed by atoms with Gasteiger partial charge >= 0.3 is 5.97 Å². The Morgan fingerprint density at radius 3 is 2.00 bits per heavy atom. The second-order valence-corrected chi connectivity index (χ2v) is 7.12. The standard InChI is InChI=1S/C19H30N2O.C2H2O4/c1-3-5-12-21(13-6-4-2)18(22)19(14-17(19)15-20)16-10-8-7-9-11-16;3-1(4)2(5)6/h7-11,17H,3-6,12-15,20H2,1-2H3;(H,3,4)(H,5,6)/t17-,19+;/m1./s1. The van der Waals surface area contributed by atoms with Crippen molar-refractivity contribution >= 4 is 17.8 Å². The Hall–Kier alpha value is -2.41. The second kappa shape index (κ2) is 11.4. The fraction of sp³-hybridized carbons (Fsp3) is 0.571. The van der Waals surface area contributed by atoms with Gasteiger partial charge in [-0.05, 0) is 24.8 Å². The number of benzene rings is 1. The van der Waals surface area contributed by atoms with Crippen LogP contribution in [0.2, 0.25) is 0 Å². The largest absolute Gasteiger partial charge is 0.539 e. The van der Waals surface area contributed by atoms with Crippen molar-refractivity contribution in [1.82, 2.24) is 4.90 Å². The van der Waals surface area contributed by atoms with E-state index in [9.17, 15) is 4.79 Å². The highest BCUT2D eigenvalue weighted by Gasteiger charge is 2.62. The summed E-state index contributed by atoms with van der Waals surface area (Å²) in [7, 11) is 0. The molecule has 1 aliphatic rings. The number of carboxylic acid groups (broad SMARTS) is 2.